The molecule has 0 aromatic carbocycles. The molecule has 2 aliphatic rings. The summed E-state index contributed by atoms with van der Waals surface area (Å²) in [5.41, 5.74) is 0. The van der Waals surface area contributed by atoms with Crippen molar-refractivity contribution >= 4 is 5.91 Å². The Morgan fingerprint density at radius 1 is 1.25 bits per heavy atom. The Hall–Kier alpha value is -0.610. The molecule has 116 valence electrons. The number of carbonyl (C=O) groups is 1. The first kappa shape index (κ1) is 15.8. The van der Waals surface area contributed by atoms with Crippen LogP contribution in [-0.2, 0) is 4.79 Å². The van der Waals surface area contributed by atoms with Crippen LogP contribution in [0.3, 0.4) is 0 Å². The summed E-state index contributed by atoms with van der Waals surface area (Å²) < 4.78 is 0. The average Bonchev–Trinajstić information content (AvgIpc) is 2.98. The Kier molecular flexibility index (Phi) is 6.80. The molecule has 4 heteroatoms. The molecule has 1 N–H and O–H groups in total. The Balaban J connectivity index is 1.79. The van der Waals surface area contributed by atoms with Crippen molar-refractivity contribution in [1.29, 1.82) is 0 Å². The Bertz CT molecular complexity index is 283. The normalized spacial score (nSPS) is 23.5. The molecule has 0 spiro atoms. The molecule has 0 aromatic rings. The van der Waals surface area contributed by atoms with Gasteiger partial charge < -0.3 is 10.2 Å². The Morgan fingerprint density at radius 3 is 2.70 bits per heavy atom. The predicted octanol–water partition coefficient (Wildman–Crippen LogP) is 1.85. The van der Waals surface area contributed by atoms with E-state index < -0.39 is 0 Å². The third kappa shape index (κ3) is 5.06. The summed E-state index contributed by atoms with van der Waals surface area (Å²) in [5, 5.41) is 3.55. The lowest BCUT2D eigenvalue weighted by Gasteiger charge is -2.31. The van der Waals surface area contributed by atoms with Crippen LogP contribution in [0, 0.1) is 0 Å². The highest BCUT2D eigenvalue weighted by Crippen LogP contribution is 2.11. The summed E-state index contributed by atoms with van der Waals surface area (Å²) in [7, 11) is 0. The summed E-state index contributed by atoms with van der Waals surface area (Å²) >= 11 is 0. The highest BCUT2D eigenvalue weighted by atomic mass is 16.2. The standard InChI is InChI=1S/C16H31N3O/c1-2-3-10-18(13-15-8-7-9-17-15)14-16(20)19-11-5-4-6-12-19/h15,17H,2-14H2,1H3. The van der Waals surface area contributed by atoms with Crippen LogP contribution in [0.25, 0.3) is 0 Å². The maximum Gasteiger partial charge on any atom is 0.236 e. The monoisotopic (exact) mass is 281 g/mol. The quantitative estimate of drug-likeness (QED) is 0.773. The highest BCUT2D eigenvalue weighted by Gasteiger charge is 2.22. The van der Waals surface area contributed by atoms with E-state index in [1.165, 1.54) is 44.9 Å². The van der Waals surface area contributed by atoms with Crippen molar-refractivity contribution in [3.05, 3.63) is 0 Å². The average molecular weight is 281 g/mol. The molecule has 0 aliphatic carbocycles. The van der Waals surface area contributed by atoms with Crippen molar-refractivity contribution in [1.82, 2.24) is 15.1 Å². The van der Waals surface area contributed by atoms with E-state index in [1.807, 2.05) is 0 Å². The lowest BCUT2D eigenvalue weighted by Crippen LogP contribution is -2.46. The number of carbonyl (C=O) groups excluding carboxylic acids is 1. The lowest BCUT2D eigenvalue weighted by atomic mass is 10.1. The minimum atomic E-state index is 0.346. The molecule has 2 fully saturated rings. The van der Waals surface area contributed by atoms with Gasteiger partial charge in [0.25, 0.3) is 0 Å². The van der Waals surface area contributed by atoms with Crippen LogP contribution in [0.4, 0.5) is 0 Å². The molecule has 2 saturated heterocycles. The Labute approximate surface area is 123 Å². The number of rotatable bonds is 7. The SMILES string of the molecule is CCCCN(CC(=O)N1CCCCC1)CC1CCCN1. The van der Waals surface area contributed by atoms with E-state index in [-0.39, 0.29) is 0 Å². The number of piperidine rings is 1. The van der Waals surface area contributed by atoms with Gasteiger partial charge in [-0.25, -0.2) is 0 Å². The molecule has 0 radical (unpaired) electrons. The van der Waals surface area contributed by atoms with E-state index in [2.05, 4.69) is 22.0 Å². The second-order valence-electron chi connectivity index (χ2n) is 6.32. The number of likely N-dealkylation sites (tertiary alicyclic amines) is 1. The molecular formula is C16H31N3O. The van der Waals surface area contributed by atoms with Gasteiger partial charge in [0.2, 0.25) is 5.91 Å². The molecular weight excluding hydrogens is 250 g/mol. The molecule has 0 saturated carbocycles. The minimum Gasteiger partial charge on any atom is -0.342 e. The van der Waals surface area contributed by atoms with Gasteiger partial charge in [0.15, 0.2) is 0 Å². The Morgan fingerprint density at radius 2 is 2.05 bits per heavy atom. The summed E-state index contributed by atoms with van der Waals surface area (Å²) in [4.78, 5) is 16.9. The molecule has 2 aliphatic heterocycles. The maximum absolute atomic E-state index is 12.4. The number of amides is 1. The van der Waals surface area contributed by atoms with Crippen LogP contribution in [-0.4, -0.2) is 61.0 Å². The van der Waals surface area contributed by atoms with Crippen molar-refractivity contribution in [3.8, 4) is 0 Å². The van der Waals surface area contributed by atoms with Crippen LogP contribution in [0.5, 0.6) is 0 Å². The molecule has 2 rings (SSSR count). The second kappa shape index (κ2) is 8.63. The fraction of sp³-hybridized carbons (Fsp3) is 0.938. The van der Waals surface area contributed by atoms with Gasteiger partial charge in [-0.05, 0) is 51.6 Å². The minimum absolute atomic E-state index is 0.346. The second-order valence-corrected chi connectivity index (χ2v) is 6.32. The van der Waals surface area contributed by atoms with E-state index in [0.29, 0.717) is 18.5 Å². The van der Waals surface area contributed by atoms with Gasteiger partial charge in [0.05, 0.1) is 6.54 Å². The summed E-state index contributed by atoms with van der Waals surface area (Å²) in [5.74, 6) is 0.346. The zero-order chi connectivity index (χ0) is 14.2. The third-order valence-electron chi connectivity index (χ3n) is 4.54. The third-order valence-corrected chi connectivity index (χ3v) is 4.54. The topological polar surface area (TPSA) is 35.6 Å². The molecule has 0 aromatic heterocycles. The summed E-state index contributed by atoms with van der Waals surface area (Å²) in [6.07, 6.45) is 8.60. The molecule has 0 bridgehead atoms. The molecule has 1 atom stereocenters. The van der Waals surface area contributed by atoms with Gasteiger partial charge in [-0.3, -0.25) is 9.69 Å². The van der Waals surface area contributed by atoms with Crippen molar-refractivity contribution in [3.63, 3.8) is 0 Å². The lowest BCUT2D eigenvalue weighted by molar-refractivity contribution is -0.133. The number of nitrogens with one attached hydrogen (secondary N) is 1. The van der Waals surface area contributed by atoms with Crippen LogP contribution >= 0.6 is 0 Å². The first-order valence-electron chi connectivity index (χ1n) is 8.53. The summed E-state index contributed by atoms with van der Waals surface area (Å²) in [6.45, 7) is 8.04. The van der Waals surface area contributed by atoms with Gasteiger partial charge in [-0.2, -0.15) is 0 Å². The maximum atomic E-state index is 12.4. The zero-order valence-corrected chi connectivity index (χ0v) is 13.1. The number of hydrogen-bond acceptors (Lipinski definition) is 3. The van der Waals surface area contributed by atoms with Gasteiger partial charge in [-0.15, -0.1) is 0 Å². The molecule has 2 heterocycles. The van der Waals surface area contributed by atoms with Gasteiger partial charge >= 0.3 is 0 Å². The number of nitrogens with zero attached hydrogens (tertiary/aromatic N) is 2. The first-order chi connectivity index (χ1) is 9.79. The van der Waals surface area contributed by atoms with E-state index in [0.717, 1.165) is 32.7 Å². The summed E-state index contributed by atoms with van der Waals surface area (Å²) in [6, 6.07) is 0.598. The van der Waals surface area contributed by atoms with E-state index in [4.69, 9.17) is 0 Å². The molecule has 4 nitrogen and oxygen atoms in total. The van der Waals surface area contributed by atoms with Gasteiger partial charge in [-0.1, -0.05) is 13.3 Å². The smallest absolute Gasteiger partial charge is 0.236 e. The van der Waals surface area contributed by atoms with Crippen molar-refractivity contribution in [2.45, 2.75) is 57.9 Å². The van der Waals surface area contributed by atoms with Gasteiger partial charge in [0.1, 0.15) is 0 Å². The highest BCUT2D eigenvalue weighted by molar-refractivity contribution is 5.78. The largest absolute Gasteiger partial charge is 0.342 e. The molecule has 20 heavy (non-hydrogen) atoms. The van der Waals surface area contributed by atoms with Crippen LogP contribution in [0.1, 0.15) is 51.9 Å². The molecule has 1 amide bonds. The van der Waals surface area contributed by atoms with E-state index in [1.54, 1.807) is 0 Å². The fourth-order valence-electron chi connectivity index (χ4n) is 3.28. The number of unbranched alkanes of at least 4 members (excludes halogenated alkanes) is 1. The van der Waals surface area contributed by atoms with Crippen molar-refractivity contribution in [2.24, 2.45) is 0 Å². The van der Waals surface area contributed by atoms with Crippen LogP contribution in [0.2, 0.25) is 0 Å². The first-order valence-corrected chi connectivity index (χ1v) is 8.53. The van der Waals surface area contributed by atoms with E-state index in [9.17, 15) is 4.79 Å². The van der Waals surface area contributed by atoms with Crippen LogP contribution < -0.4 is 5.32 Å². The van der Waals surface area contributed by atoms with Crippen molar-refractivity contribution < 1.29 is 4.79 Å². The number of hydrogen-bond donors (Lipinski definition) is 1. The molecule has 1 unspecified atom stereocenters. The van der Waals surface area contributed by atoms with Crippen LogP contribution in [0.15, 0.2) is 0 Å². The zero-order valence-electron chi connectivity index (χ0n) is 13.1. The van der Waals surface area contributed by atoms with E-state index >= 15 is 0 Å². The van der Waals surface area contributed by atoms with Gasteiger partial charge in [0, 0.05) is 25.7 Å². The fourth-order valence-corrected chi connectivity index (χ4v) is 3.28. The predicted molar refractivity (Wildman–Crippen MR) is 82.8 cm³/mol. The van der Waals surface area contributed by atoms with Crippen molar-refractivity contribution in [2.75, 3.05) is 39.3 Å².